The molecular weight excluding hydrogens is 261 g/mol. The lowest BCUT2D eigenvalue weighted by atomic mass is 9.88. The predicted molar refractivity (Wildman–Crippen MR) is 80.7 cm³/mol. The van der Waals surface area contributed by atoms with E-state index < -0.39 is 5.54 Å². The molecule has 0 radical (unpaired) electrons. The number of rotatable bonds is 5. The number of aliphatic hydroxyl groups is 1. The van der Waals surface area contributed by atoms with E-state index in [4.69, 9.17) is 0 Å². The highest BCUT2D eigenvalue weighted by Gasteiger charge is 2.31. The van der Waals surface area contributed by atoms with Gasteiger partial charge in [-0.05, 0) is 46.6 Å². The lowest BCUT2D eigenvalue weighted by Gasteiger charge is -2.34. The summed E-state index contributed by atoms with van der Waals surface area (Å²) in [6.07, 6.45) is 0.469. The molecular formula is C15H24FNOS. The molecule has 2 nitrogen and oxygen atoms in total. The van der Waals surface area contributed by atoms with Crippen LogP contribution in [0.3, 0.4) is 0 Å². The molecule has 0 aliphatic rings. The molecule has 0 unspecified atom stereocenters. The molecule has 0 fully saturated rings. The minimum atomic E-state index is -0.581. The van der Waals surface area contributed by atoms with Gasteiger partial charge < -0.3 is 5.11 Å². The monoisotopic (exact) mass is 285 g/mol. The van der Waals surface area contributed by atoms with Crippen molar-refractivity contribution < 1.29 is 9.50 Å². The molecule has 0 amide bonds. The fraction of sp³-hybridized carbons (Fsp3) is 0.600. The highest BCUT2D eigenvalue weighted by atomic mass is 32.2. The molecule has 0 aliphatic heterocycles. The first-order chi connectivity index (χ1) is 8.69. The fourth-order valence-corrected chi connectivity index (χ4v) is 2.55. The minimum Gasteiger partial charge on any atom is -0.396 e. The summed E-state index contributed by atoms with van der Waals surface area (Å²) in [6, 6.07) is 5.40. The van der Waals surface area contributed by atoms with E-state index in [9.17, 15) is 9.50 Å². The lowest BCUT2D eigenvalue weighted by molar-refractivity contribution is 0.237. The molecule has 0 aliphatic carbocycles. The van der Waals surface area contributed by atoms with Crippen molar-refractivity contribution in [2.45, 2.75) is 51.3 Å². The van der Waals surface area contributed by atoms with Gasteiger partial charge in [-0.15, -0.1) is 0 Å². The second kappa shape index (κ2) is 6.25. The van der Waals surface area contributed by atoms with Gasteiger partial charge in [0.25, 0.3) is 0 Å². The first kappa shape index (κ1) is 16.5. The Labute approximate surface area is 119 Å². The summed E-state index contributed by atoms with van der Waals surface area (Å²) in [5.41, 5.74) is 0.658. The van der Waals surface area contributed by atoms with Crippen molar-refractivity contribution in [2.75, 3.05) is 6.61 Å². The number of hydrogen-bond acceptors (Lipinski definition) is 3. The maximum absolute atomic E-state index is 14.3. The van der Waals surface area contributed by atoms with Gasteiger partial charge in [0.1, 0.15) is 5.82 Å². The minimum absolute atomic E-state index is 0.0155. The van der Waals surface area contributed by atoms with Gasteiger partial charge >= 0.3 is 0 Å². The van der Waals surface area contributed by atoms with Crippen molar-refractivity contribution in [3.05, 3.63) is 35.1 Å². The molecule has 4 heteroatoms. The van der Waals surface area contributed by atoms with E-state index in [-0.39, 0.29) is 17.2 Å². The summed E-state index contributed by atoms with van der Waals surface area (Å²) >= 11 is 1.56. The van der Waals surface area contributed by atoms with Gasteiger partial charge in [-0.2, -0.15) is 0 Å². The number of nitrogens with one attached hydrogen (secondary N) is 1. The summed E-state index contributed by atoms with van der Waals surface area (Å²) in [6.45, 7) is 9.99. The Morgan fingerprint density at radius 2 is 1.89 bits per heavy atom. The van der Waals surface area contributed by atoms with Gasteiger partial charge in [-0.3, -0.25) is 4.72 Å². The van der Waals surface area contributed by atoms with Crippen molar-refractivity contribution >= 4 is 11.9 Å². The van der Waals surface area contributed by atoms with Crippen LogP contribution in [0.2, 0.25) is 0 Å². The van der Waals surface area contributed by atoms with Gasteiger partial charge in [-0.25, -0.2) is 4.39 Å². The number of aryl methyl sites for hydroxylation is 1. The van der Waals surface area contributed by atoms with E-state index in [1.807, 2.05) is 13.0 Å². The number of benzene rings is 1. The highest BCUT2D eigenvalue weighted by Crippen LogP contribution is 2.33. The molecule has 108 valence electrons. The van der Waals surface area contributed by atoms with Crippen LogP contribution in [0.15, 0.2) is 18.2 Å². The summed E-state index contributed by atoms with van der Waals surface area (Å²) in [5, 5.41) is 9.28. The topological polar surface area (TPSA) is 32.3 Å². The molecule has 1 atom stereocenters. The molecule has 0 saturated carbocycles. The van der Waals surface area contributed by atoms with Crippen LogP contribution in [0.25, 0.3) is 0 Å². The van der Waals surface area contributed by atoms with E-state index in [2.05, 4.69) is 25.5 Å². The number of hydrogen-bond donors (Lipinski definition) is 2. The summed E-state index contributed by atoms with van der Waals surface area (Å²) in [7, 11) is 0. The van der Waals surface area contributed by atoms with Crippen LogP contribution in [0.1, 0.15) is 45.2 Å². The van der Waals surface area contributed by atoms with E-state index in [1.54, 1.807) is 31.0 Å². The van der Waals surface area contributed by atoms with E-state index in [0.29, 0.717) is 17.5 Å². The van der Waals surface area contributed by atoms with Crippen molar-refractivity contribution in [3.63, 3.8) is 0 Å². The molecule has 0 saturated heterocycles. The lowest BCUT2D eigenvalue weighted by Crippen LogP contribution is -2.39. The van der Waals surface area contributed by atoms with Crippen LogP contribution in [-0.4, -0.2) is 16.5 Å². The fourth-order valence-electron chi connectivity index (χ4n) is 1.80. The standard InChI is InChI=1S/C15H24FNOS/c1-11-7-6-8-12(13(11)16)15(5,9-10-18)17-19-14(2,3)4/h6-8,17-18H,9-10H2,1-5H3/t15-/m0/s1. The zero-order valence-electron chi connectivity index (χ0n) is 12.4. The van der Waals surface area contributed by atoms with Crippen LogP contribution in [0.4, 0.5) is 4.39 Å². The third-order valence-corrected chi connectivity index (χ3v) is 4.15. The number of halogens is 1. The quantitative estimate of drug-likeness (QED) is 0.808. The maximum Gasteiger partial charge on any atom is 0.131 e. The van der Waals surface area contributed by atoms with Crippen molar-refractivity contribution in [3.8, 4) is 0 Å². The molecule has 1 aromatic carbocycles. The Kier molecular flexibility index (Phi) is 5.42. The average Bonchev–Trinajstić information content (AvgIpc) is 2.30. The predicted octanol–water partition coefficient (Wildman–Crippen LogP) is 3.77. The second-order valence-corrected chi connectivity index (χ2v) is 7.69. The van der Waals surface area contributed by atoms with Crippen LogP contribution >= 0.6 is 11.9 Å². The Morgan fingerprint density at radius 1 is 1.26 bits per heavy atom. The zero-order chi connectivity index (χ0) is 14.7. The Hall–Kier alpha value is -0.580. The summed E-state index contributed by atoms with van der Waals surface area (Å²) in [5.74, 6) is -0.194. The molecule has 19 heavy (non-hydrogen) atoms. The molecule has 0 bridgehead atoms. The van der Waals surface area contributed by atoms with Crippen molar-refractivity contribution in [2.24, 2.45) is 0 Å². The Bertz CT molecular complexity index is 431. The van der Waals surface area contributed by atoms with Crippen LogP contribution in [-0.2, 0) is 5.54 Å². The molecule has 1 rings (SSSR count). The van der Waals surface area contributed by atoms with E-state index in [0.717, 1.165) is 0 Å². The van der Waals surface area contributed by atoms with Gasteiger partial charge in [0, 0.05) is 16.9 Å². The maximum atomic E-state index is 14.3. The molecule has 1 aromatic rings. The normalized spacial score (nSPS) is 15.3. The number of aliphatic hydroxyl groups excluding tert-OH is 1. The van der Waals surface area contributed by atoms with Gasteiger partial charge in [0.15, 0.2) is 0 Å². The SMILES string of the molecule is Cc1cccc([C@](C)(CCO)NSC(C)(C)C)c1F. The third kappa shape index (κ3) is 4.48. The summed E-state index contributed by atoms with van der Waals surface area (Å²) in [4.78, 5) is 0. The van der Waals surface area contributed by atoms with Gasteiger partial charge in [-0.1, -0.05) is 30.1 Å². The molecule has 2 N–H and O–H groups in total. The van der Waals surface area contributed by atoms with Crippen molar-refractivity contribution in [1.29, 1.82) is 0 Å². The Morgan fingerprint density at radius 3 is 2.42 bits per heavy atom. The van der Waals surface area contributed by atoms with E-state index in [1.165, 1.54) is 0 Å². The highest BCUT2D eigenvalue weighted by molar-refractivity contribution is 7.98. The smallest absolute Gasteiger partial charge is 0.131 e. The molecule has 0 aromatic heterocycles. The molecule has 0 heterocycles. The van der Waals surface area contributed by atoms with E-state index >= 15 is 0 Å². The second-order valence-electron chi connectivity index (χ2n) is 6.06. The van der Waals surface area contributed by atoms with Crippen LogP contribution in [0.5, 0.6) is 0 Å². The first-order valence-electron chi connectivity index (χ1n) is 6.51. The summed E-state index contributed by atoms with van der Waals surface area (Å²) < 4.78 is 17.7. The average molecular weight is 285 g/mol. The van der Waals surface area contributed by atoms with Crippen LogP contribution < -0.4 is 4.72 Å². The van der Waals surface area contributed by atoms with Crippen molar-refractivity contribution in [1.82, 2.24) is 4.72 Å². The van der Waals surface area contributed by atoms with Crippen LogP contribution in [0, 0.1) is 12.7 Å². The first-order valence-corrected chi connectivity index (χ1v) is 7.33. The zero-order valence-corrected chi connectivity index (χ0v) is 13.2. The molecule has 0 spiro atoms. The van der Waals surface area contributed by atoms with Gasteiger partial charge in [0.2, 0.25) is 0 Å². The third-order valence-electron chi connectivity index (χ3n) is 2.98. The largest absolute Gasteiger partial charge is 0.396 e. The Balaban J connectivity index is 3.07. The van der Waals surface area contributed by atoms with Gasteiger partial charge in [0.05, 0.1) is 5.54 Å².